The molecule has 0 fully saturated rings. The summed E-state index contributed by atoms with van der Waals surface area (Å²) in [5.74, 6) is -0.994. The molecular formula is C16H18N2O3. The van der Waals surface area contributed by atoms with Gasteiger partial charge in [0.25, 0.3) is 5.91 Å². The summed E-state index contributed by atoms with van der Waals surface area (Å²) in [6.07, 6.45) is 0. The summed E-state index contributed by atoms with van der Waals surface area (Å²) >= 11 is 0. The number of hydrogen-bond acceptors (Lipinski definition) is 2. The number of fused-ring (bicyclic) bond motifs is 3. The molecule has 5 heteroatoms. The Morgan fingerprint density at radius 1 is 1.29 bits per heavy atom. The molecule has 2 aromatic rings. The van der Waals surface area contributed by atoms with Crippen LogP contribution in [0.1, 0.15) is 46.2 Å². The van der Waals surface area contributed by atoms with E-state index in [1.807, 2.05) is 16.7 Å². The normalized spacial score (nSPS) is 14.9. The number of aromatic carboxylic acids is 1. The number of hydrogen-bond donors (Lipinski definition) is 1. The number of nitrogens with zero attached hydrogens (tertiary/aromatic N) is 2. The van der Waals surface area contributed by atoms with Crippen molar-refractivity contribution in [3.05, 3.63) is 35.0 Å². The van der Waals surface area contributed by atoms with Gasteiger partial charge in [-0.1, -0.05) is 32.0 Å². The van der Waals surface area contributed by atoms with Crippen LogP contribution in [-0.4, -0.2) is 40.0 Å². The molecule has 0 spiro atoms. The number of benzene rings is 1. The number of carbonyl (C=O) groups excluding carboxylic acids is 1. The minimum absolute atomic E-state index is 0.129. The quantitative estimate of drug-likeness (QED) is 0.922. The molecule has 2 heterocycles. The molecule has 1 aromatic heterocycles. The van der Waals surface area contributed by atoms with Gasteiger partial charge in [-0.25, -0.2) is 4.79 Å². The summed E-state index contributed by atoms with van der Waals surface area (Å²) in [5, 5.41) is 10.2. The van der Waals surface area contributed by atoms with Gasteiger partial charge < -0.3 is 14.6 Å². The zero-order chi connectivity index (χ0) is 15.3. The van der Waals surface area contributed by atoms with Gasteiger partial charge in [-0.2, -0.15) is 0 Å². The standard InChI is InChI=1S/C16H18N2O3/c1-9(2)10-5-4-6-11-12(16(20)21)14-15(19)17(3)7-8-18(14)13(10)11/h4-6,9H,7-8H2,1-3H3,(H,20,21). The highest BCUT2D eigenvalue weighted by Crippen LogP contribution is 2.34. The number of para-hydroxylation sites is 1. The van der Waals surface area contributed by atoms with E-state index in [0.717, 1.165) is 11.1 Å². The molecule has 0 unspecified atom stereocenters. The first kappa shape index (κ1) is 13.7. The van der Waals surface area contributed by atoms with Gasteiger partial charge in [0.1, 0.15) is 5.69 Å². The molecule has 1 amide bonds. The third-order valence-electron chi connectivity index (χ3n) is 4.16. The largest absolute Gasteiger partial charge is 0.478 e. The molecule has 0 atom stereocenters. The minimum Gasteiger partial charge on any atom is -0.478 e. The third-order valence-corrected chi connectivity index (χ3v) is 4.16. The Balaban J connectivity index is 2.47. The number of amides is 1. The summed E-state index contributed by atoms with van der Waals surface area (Å²) in [4.78, 5) is 25.7. The molecular weight excluding hydrogens is 268 g/mol. The fraction of sp³-hybridized carbons (Fsp3) is 0.375. The number of carboxylic acids is 1. The molecule has 0 saturated carbocycles. The number of likely N-dealkylation sites (N-methyl/N-ethyl adjacent to an activating group) is 1. The first-order valence-corrected chi connectivity index (χ1v) is 7.07. The fourth-order valence-electron chi connectivity index (χ4n) is 3.10. The van der Waals surface area contributed by atoms with Crippen molar-refractivity contribution < 1.29 is 14.7 Å². The van der Waals surface area contributed by atoms with Crippen molar-refractivity contribution in [3.63, 3.8) is 0 Å². The van der Waals surface area contributed by atoms with Crippen LogP contribution >= 0.6 is 0 Å². The first-order valence-electron chi connectivity index (χ1n) is 7.07. The monoisotopic (exact) mass is 286 g/mol. The molecule has 1 aliphatic heterocycles. The van der Waals surface area contributed by atoms with E-state index in [1.165, 1.54) is 0 Å². The second-order valence-electron chi connectivity index (χ2n) is 5.81. The van der Waals surface area contributed by atoms with Crippen LogP contribution < -0.4 is 0 Å². The maximum Gasteiger partial charge on any atom is 0.338 e. The topological polar surface area (TPSA) is 62.5 Å². The van der Waals surface area contributed by atoms with E-state index < -0.39 is 5.97 Å². The van der Waals surface area contributed by atoms with Gasteiger partial charge in [0.2, 0.25) is 0 Å². The van der Waals surface area contributed by atoms with Crippen LogP contribution in [0.25, 0.3) is 10.9 Å². The van der Waals surface area contributed by atoms with Crippen molar-refractivity contribution in [2.24, 2.45) is 0 Å². The SMILES string of the molecule is CC(C)c1cccc2c(C(=O)O)c3n(c12)CCN(C)C3=O. The van der Waals surface area contributed by atoms with Crippen LogP contribution in [0.15, 0.2) is 18.2 Å². The Hall–Kier alpha value is -2.30. The minimum atomic E-state index is -1.04. The maximum atomic E-state index is 12.4. The van der Waals surface area contributed by atoms with Crippen molar-refractivity contribution in [1.29, 1.82) is 0 Å². The van der Waals surface area contributed by atoms with E-state index in [1.54, 1.807) is 18.0 Å². The van der Waals surface area contributed by atoms with E-state index in [0.29, 0.717) is 24.2 Å². The third kappa shape index (κ3) is 1.84. The molecule has 5 nitrogen and oxygen atoms in total. The second kappa shape index (κ2) is 4.62. The average molecular weight is 286 g/mol. The molecule has 0 aliphatic carbocycles. The van der Waals surface area contributed by atoms with Crippen molar-refractivity contribution in [2.75, 3.05) is 13.6 Å². The molecule has 21 heavy (non-hydrogen) atoms. The van der Waals surface area contributed by atoms with E-state index in [9.17, 15) is 14.7 Å². The van der Waals surface area contributed by atoms with Crippen molar-refractivity contribution in [1.82, 2.24) is 9.47 Å². The number of carboxylic acid groups (broad SMARTS) is 1. The second-order valence-corrected chi connectivity index (χ2v) is 5.81. The van der Waals surface area contributed by atoms with Gasteiger partial charge in [0, 0.05) is 25.5 Å². The molecule has 1 aliphatic rings. The van der Waals surface area contributed by atoms with Crippen LogP contribution in [0.5, 0.6) is 0 Å². The lowest BCUT2D eigenvalue weighted by Crippen LogP contribution is -2.38. The lowest BCUT2D eigenvalue weighted by atomic mass is 9.99. The van der Waals surface area contributed by atoms with Gasteiger partial charge >= 0.3 is 5.97 Å². The Morgan fingerprint density at radius 3 is 2.62 bits per heavy atom. The molecule has 0 bridgehead atoms. The van der Waals surface area contributed by atoms with E-state index >= 15 is 0 Å². The number of aromatic nitrogens is 1. The Labute approximate surface area is 122 Å². The van der Waals surface area contributed by atoms with Crippen LogP contribution in [-0.2, 0) is 6.54 Å². The van der Waals surface area contributed by atoms with E-state index in [4.69, 9.17) is 0 Å². The maximum absolute atomic E-state index is 12.4. The molecule has 1 N–H and O–H groups in total. The summed E-state index contributed by atoms with van der Waals surface area (Å²) < 4.78 is 1.89. The van der Waals surface area contributed by atoms with Crippen LogP contribution in [0.3, 0.4) is 0 Å². The van der Waals surface area contributed by atoms with Gasteiger partial charge in [0.05, 0.1) is 11.1 Å². The van der Waals surface area contributed by atoms with E-state index in [-0.39, 0.29) is 17.4 Å². The number of rotatable bonds is 2. The number of carbonyl (C=O) groups is 2. The molecule has 3 rings (SSSR count). The molecule has 110 valence electrons. The fourth-order valence-corrected chi connectivity index (χ4v) is 3.10. The Morgan fingerprint density at radius 2 is 2.00 bits per heavy atom. The van der Waals surface area contributed by atoms with Crippen molar-refractivity contribution in [2.45, 2.75) is 26.3 Å². The Kier molecular flexibility index (Phi) is 3.01. The van der Waals surface area contributed by atoms with Crippen molar-refractivity contribution in [3.8, 4) is 0 Å². The van der Waals surface area contributed by atoms with E-state index in [2.05, 4.69) is 13.8 Å². The smallest absolute Gasteiger partial charge is 0.338 e. The zero-order valence-corrected chi connectivity index (χ0v) is 12.4. The lowest BCUT2D eigenvalue weighted by molar-refractivity contribution is 0.0671. The molecule has 0 saturated heterocycles. The van der Waals surface area contributed by atoms with Gasteiger partial charge in [-0.05, 0) is 11.5 Å². The lowest BCUT2D eigenvalue weighted by Gasteiger charge is -2.26. The summed E-state index contributed by atoms with van der Waals surface area (Å²) in [5.41, 5.74) is 2.41. The highest BCUT2D eigenvalue weighted by Gasteiger charge is 2.32. The van der Waals surface area contributed by atoms with Crippen LogP contribution in [0.4, 0.5) is 0 Å². The molecule has 0 radical (unpaired) electrons. The van der Waals surface area contributed by atoms with Gasteiger partial charge in [-0.15, -0.1) is 0 Å². The summed E-state index contributed by atoms with van der Waals surface area (Å²) in [6, 6.07) is 5.67. The van der Waals surface area contributed by atoms with Crippen molar-refractivity contribution >= 4 is 22.8 Å². The predicted molar refractivity (Wildman–Crippen MR) is 79.9 cm³/mol. The summed E-state index contributed by atoms with van der Waals surface area (Å²) in [7, 11) is 1.71. The van der Waals surface area contributed by atoms with Gasteiger partial charge in [-0.3, -0.25) is 4.79 Å². The highest BCUT2D eigenvalue weighted by atomic mass is 16.4. The molecule has 1 aromatic carbocycles. The zero-order valence-electron chi connectivity index (χ0n) is 12.4. The van der Waals surface area contributed by atoms with Crippen LogP contribution in [0, 0.1) is 0 Å². The van der Waals surface area contributed by atoms with Gasteiger partial charge in [0.15, 0.2) is 0 Å². The van der Waals surface area contributed by atoms with Crippen LogP contribution in [0.2, 0.25) is 0 Å². The highest BCUT2D eigenvalue weighted by molar-refractivity contribution is 6.14. The Bertz CT molecular complexity index is 758. The summed E-state index contributed by atoms with van der Waals surface area (Å²) in [6.45, 7) is 5.38. The predicted octanol–water partition coefficient (Wildman–Crippen LogP) is 2.55. The first-order chi connectivity index (χ1) is 9.93. The average Bonchev–Trinajstić information content (AvgIpc) is 2.77.